The molecule has 0 unspecified atom stereocenters. The highest BCUT2D eigenvalue weighted by Crippen LogP contribution is 2.44. The van der Waals surface area contributed by atoms with E-state index in [2.05, 4.69) is 4.98 Å². The fourth-order valence-corrected chi connectivity index (χ4v) is 5.11. The van der Waals surface area contributed by atoms with Crippen molar-refractivity contribution < 1.29 is 33.9 Å². The van der Waals surface area contributed by atoms with E-state index in [1.165, 1.54) is 44.6 Å². The highest BCUT2D eigenvalue weighted by Gasteiger charge is 2.48. The summed E-state index contributed by atoms with van der Waals surface area (Å²) in [5.41, 5.74) is 0.852. The molecular weight excluding hydrogens is 502 g/mol. The van der Waals surface area contributed by atoms with E-state index < -0.39 is 34.4 Å². The number of benzene rings is 2. The maximum atomic E-state index is 13.3. The summed E-state index contributed by atoms with van der Waals surface area (Å²) in [6.45, 7) is 3.30. The van der Waals surface area contributed by atoms with E-state index in [4.69, 9.17) is 9.47 Å². The van der Waals surface area contributed by atoms with Crippen LogP contribution in [0, 0.1) is 24.0 Å². The number of nitrogens with zero attached hydrogens (tertiary/aromatic N) is 3. The van der Waals surface area contributed by atoms with E-state index in [0.29, 0.717) is 11.3 Å². The number of methoxy groups -OCH3 is 2. The molecule has 1 fully saturated rings. The molecule has 2 heterocycles. The Kier molecular flexibility index (Phi) is 6.77. The third-order valence-corrected chi connectivity index (χ3v) is 7.01. The van der Waals surface area contributed by atoms with Crippen LogP contribution in [0.15, 0.2) is 48.0 Å². The van der Waals surface area contributed by atoms with Gasteiger partial charge in [0.25, 0.3) is 11.5 Å². The number of non-ortho nitro benzene ring substituents is 1. The lowest BCUT2D eigenvalue weighted by atomic mass is 9.94. The molecule has 1 aliphatic rings. The van der Waals surface area contributed by atoms with E-state index in [9.17, 15) is 29.6 Å². The van der Waals surface area contributed by atoms with Crippen LogP contribution in [0.5, 0.6) is 5.75 Å². The van der Waals surface area contributed by atoms with Gasteiger partial charge in [-0.3, -0.25) is 24.6 Å². The highest BCUT2D eigenvalue weighted by atomic mass is 32.1. The molecule has 11 nitrogen and oxygen atoms in total. The van der Waals surface area contributed by atoms with Crippen LogP contribution in [0.2, 0.25) is 0 Å². The molecule has 1 aromatic heterocycles. The number of Topliss-reactive ketones (excluding diaryl/α,β-unsaturated/α-hetero) is 1. The standard InChI is InChI=1S/C25H21N3O8S/c1-12-10-15(8-9-17(12)35-3)20(29)18-19(14-6-5-7-16(11-14)28(33)34)27(23(31)21(18)30)25-26-13(2)22(37-25)24(32)36-4/h5-11,19,29H,1-4H3/t19-/m1/s1. The smallest absolute Gasteiger partial charge is 0.350 e. The van der Waals surface area contributed by atoms with Gasteiger partial charge in [0.2, 0.25) is 0 Å². The van der Waals surface area contributed by atoms with Crippen molar-refractivity contribution in [3.8, 4) is 5.75 Å². The Labute approximate surface area is 214 Å². The van der Waals surface area contributed by atoms with Crippen LogP contribution in [-0.2, 0) is 14.3 Å². The predicted octanol–water partition coefficient (Wildman–Crippen LogP) is 4.09. The molecule has 2 aromatic carbocycles. The zero-order valence-electron chi connectivity index (χ0n) is 20.2. The van der Waals surface area contributed by atoms with Gasteiger partial charge in [0.1, 0.15) is 16.4 Å². The first-order valence-corrected chi connectivity index (χ1v) is 11.7. The molecule has 1 atom stereocenters. The third-order valence-electron chi connectivity index (χ3n) is 5.87. The summed E-state index contributed by atoms with van der Waals surface area (Å²) in [6, 6.07) is 8.89. The minimum Gasteiger partial charge on any atom is -0.507 e. The van der Waals surface area contributed by atoms with Crippen LogP contribution < -0.4 is 9.64 Å². The lowest BCUT2D eigenvalue weighted by Gasteiger charge is -2.23. The molecule has 0 spiro atoms. The first-order valence-electron chi connectivity index (χ1n) is 10.8. The molecule has 1 amide bonds. The van der Waals surface area contributed by atoms with Crippen molar-refractivity contribution in [2.24, 2.45) is 0 Å². The summed E-state index contributed by atoms with van der Waals surface area (Å²) in [7, 11) is 2.70. The monoisotopic (exact) mass is 523 g/mol. The van der Waals surface area contributed by atoms with Gasteiger partial charge in [-0.1, -0.05) is 23.5 Å². The van der Waals surface area contributed by atoms with Gasteiger partial charge in [-0.25, -0.2) is 9.78 Å². The van der Waals surface area contributed by atoms with Crippen molar-refractivity contribution in [3.05, 3.63) is 85.4 Å². The quantitative estimate of drug-likeness (QED) is 0.126. The number of hydrogen-bond donors (Lipinski definition) is 1. The second kappa shape index (κ2) is 9.82. The largest absolute Gasteiger partial charge is 0.507 e. The molecule has 0 saturated carbocycles. The Morgan fingerprint density at radius 1 is 1.16 bits per heavy atom. The fourth-order valence-electron chi connectivity index (χ4n) is 4.10. The molecule has 12 heteroatoms. The molecule has 37 heavy (non-hydrogen) atoms. The number of nitro groups is 1. The van der Waals surface area contributed by atoms with Crippen LogP contribution in [0.4, 0.5) is 10.8 Å². The number of aliphatic hydroxyl groups excluding tert-OH is 1. The van der Waals surface area contributed by atoms with E-state index in [1.54, 1.807) is 26.0 Å². The van der Waals surface area contributed by atoms with Crippen LogP contribution >= 0.6 is 11.3 Å². The predicted molar refractivity (Wildman–Crippen MR) is 134 cm³/mol. The Morgan fingerprint density at radius 2 is 1.89 bits per heavy atom. The number of aryl methyl sites for hydroxylation is 2. The van der Waals surface area contributed by atoms with Crippen molar-refractivity contribution >= 4 is 45.6 Å². The number of rotatable bonds is 6. The topological polar surface area (TPSA) is 149 Å². The summed E-state index contributed by atoms with van der Waals surface area (Å²) in [6.07, 6.45) is 0. The molecule has 0 radical (unpaired) electrons. The van der Waals surface area contributed by atoms with Gasteiger partial charge in [-0.15, -0.1) is 0 Å². The van der Waals surface area contributed by atoms with Crippen molar-refractivity contribution in [1.82, 2.24) is 4.98 Å². The zero-order chi connectivity index (χ0) is 27.0. The molecule has 0 aliphatic carbocycles. The van der Waals surface area contributed by atoms with Gasteiger partial charge in [0.15, 0.2) is 5.13 Å². The maximum Gasteiger partial charge on any atom is 0.350 e. The molecular formula is C25H21N3O8S. The number of anilines is 1. The second-order valence-electron chi connectivity index (χ2n) is 8.11. The highest BCUT2D eigenvalue weighted by molar-refractivity contribution is 7.17. The van der Waals surface area contributed by atoms with Crippen LogP contribution in [-0.4, -0.2) is 46.9 Å². The number of aromatic nitrogens is 1. The number of carbonyl (C=O) groups excluding carboxylic acids is 3. The Hall–Kier alpha value is -4.58. The van der Waals surface area contributed by atoms with Crippen molar-refractivity contribution in [2.45, 2.75) is 19.9 Å². The molecule has 4 rings (SSSR count). The molecule has 1 saturated heterocycles. The molecule has 190 valence electrons. The van der Waals surface area contributed by atoms with Crippen molar-refractivity contribution in [2.75, 3.05) is 19.1 Å². The first-order chi connectivity index (χ1) is 17.6. The number of ketones is 1. The van der Waals surface area contributed by atoms with E-state index in [0.717, 1.165) is 16.2 Å². The Morgan fingerprint density at radius 3 is 2.51 bits per heavy atom. The van der Waals surface area contributed by atoms with Crippen LogP contribution in [0.25, 0.3) is 5.76 Å². The lowest BCUT2D eigenvalue weighted by molar-refractivity contribution is -0.384. The molecule has 3 aromatic rings. The number of thiazole rings is 1. The van der Waals surface area contributed by atoms with Gasteiger partial charge in [0.05, 0.1) is 36.5 Å². The summed E-state index contributed by atoms with van der Waals surface area (Å²) in [5.74, 6) is -2.59. The first kappa shape index (κ1) is 25.5. The van der Waals surface area contributed by atoms with Crippen LogP contribution in [0.3, 0.4) is 0 Å². The van der Waals surface area contributed by atoms with Gasteiger partial charge in [-0.2, -0.15) is 0 Å². The number of ether oxygens (including phenoxy) is 2. The van der Waals surface area contributed by atoms with Crippen molar-refractivity contribution in [3.63, 3.8) is 0 Å². The number of aliphatic hydroxyl groups is 1. The number of amides is 1. The minimum absolute atomic E-state index is 0.00136. The van der Waals surface area contributed by atoms with E-state index in [-0.39, 0.29) is 38.1 Å². The maximum absolute atomic E-state index is 13.3. The van der Waals surface area contributed by atoms with Crippen molar-refractivity contribution in [1.29, 1.82) is 0 Å². The van der Waals surface area contributed by atoms with Gasteiger partial charge in [0, 0.05) is 17.7 Å². The Bertz CT molecular complexity index is 1490. The average Bonchev–Trinajstić information content (AvgIpc) is 3.39. The zero-order valence-corrected chi connectivity index (χ0v) is 21.0. The minimum atomic E-state index is -1.25. The van der Waals surface area contributed by atoms with E-state index in [1.807, 2.05) is 0 Å². The molecule has 1 N–H and O–H groups in total. The second-order valence-corrected chi connectivity index (χ2v) is 9.09. The lowest BCUT2D eigenvalue weighted by Crippen LogP contribution is -2.29. The normalized spacial score (nSPS) is 16.6. The van der Waals surface area contributed by atoms with Crippen LogP contribution in [0.1, 0.15) is 38.1 Å². The summed E-state index contributed by atoms with van der Waals surface area (Å²) in [4.78, 5) is 55.1. The number of hydrogen-bond acceptors (Lipinski definition) is 10. The third kappa shape index (κ3) is 4.42. The van der Waals surface area contributed by atoms with E-state index >= 15 is 0 Å². The number of carbonyl (C=O) groups is 3. The summed E-state index contributed by atoms with van der Waals surface area (Å²) >= 11 is 0.834. The summed E-state index contributed by atoms with van der Waals surface area (Å²) < 4.78 is 10.0. The average molecular weight is 524 g/mol. The number of esters is 1. The fraction of sp³-hybridized carbons (Fsp3) is 0.200. The van der Waals surface area contributed by atoms with Gasteiger partial charge in [-0.05, 0) is 43.2 Å². The summed E-state index contributed by atoms with van der Waals surface area (Å²) in [5, 5.41) is 22.7. The van der Waals surface area contributed by atoms with Gasteiger partial charge < -0.3 is 14.6 Å². The number of nitro benzene ring substituents is 1. The molecule has 1 aliphatic heterocycles. The SMILES string of the molecule is COC(=O)c1sc(N2C(=O)C(=O)C(=C(O)c3ccc(OC)c(C)c3)[C@H]2c2cccc([N+](=O)[O-])c2)nc1C. The Balaban J connectivity index is 1.97. The molecule has 0 bridgehead atoms. The van der Waals surface area contributed by atoms with Gasteiger partial charge >= 0.3 is 11.9 Å².